The largest absolute Gasteiger partial charge is 0.311 e. The van der Waals surface area contributed by atoms with Crippen molar-refractivity contribution in [3.8, 4) is 0 Å². The van der Waals surface area contributed by atoms with Crippen LogP contribution < -0.4 is 5.32 Å². The standard InChI is InChI=1S/C15H20FN/c16-13-5-1-3-11(9-13)10-14-8-7-12-4-2-6-15(12)17-14/h1,3,5,9,12,14-15,17H,2,4,6-8,10H2. The molecule has 2 fully saturated rings. The molecule has 1 aliphatic carbocycles. The van der Waals surface area contributed by atoms with Gasteiger partial charge in [0.15, 0.2) is 0 Å². The highest BCUT2D eigenvalue weighted by atomic mass is 19.1. The smallest absolute Gasteiger partial charge is 0.123 e. The van der Waals surface area contributed by atoms with Crippen molar-refractivity contribution in [3.63, 3.8) is 0 Å². The lowest BCUT2D eigenvalue weighted by atomic mass is 9.87. The molecule has 1 heterocycles. The minimum Gasteiger partial charge on any atom is -0.311 e. The molecule has 3 unspecified atom stereocenters. The molecule has 1 nitrogen and oxygen atoms in total. The minimum absolute atomic E-state index is 0.114. The van der Waals surface area contributed by atoms with Crippen molar-refractivity contribution in [1.29, 1.82) is 0 Å². The Labute approximate surface area is 102 Å². The highest BCUT2D eigenvalue weighted by Gasteiger charge is 2.32. The molecule has 1 aromatic rings. The van der Waals surface area contributed by atoms with Crippen molar-refractivity contribution in [2.45, 2.75) is 50.6 Å². The fourth-order valence-electron chi connectivity index (χ4n) is 3.51. The van der Waals surface area contributed by atoms with Gasteiger partial charge in [-0.15, -0.1) is 0 Å². The molecule has 0 radical (unpaired) electrons. The number of rotatable bonds is 2. The molecule has 17 heavy (non-hydrogen) atoms. The second kappa shape index (κ2) is 4.77. The van der Waals surface area contributed by atoms with Crippen LogP contribution in [0.2, 0.25) is 0 Å². The van der Waals surface area contributed by atoms with Crippen LogP contribution >= 0.6 is 0 Å². The van der Waals surface area contributed by atoms with E-state index in [2.05, 4.69) is 5.32 Å². The minimum atomic E-state index is -0.114. The van der Waals surface area contributed by atoms with E-state index in [1.807, 2.05) is 12.1 Å². The van der Waals surface area contributed by atoms with Crippen LogP contribution in [0.5, 0.6) is 0 Å². The van der Waals surface area contributed by atoms with Crippen molar-refractivity contribution in [3.05, 3.63) is 35.6 Å². The lowest BCUT2D eigenvalue weighted by Crippen LogP contribution is -2.46. The van der Waals surface area contributed by atoms with Crippen LogP contribution in [-0.2, 0) is 6.42 Å². The molecule has 1 saturated heterocycles. The number of hydrogen-bond donors (Lipinski definition) is 1. The Bertz CT molecular complexity index is 390. The summed E-state index contributed by atoms with van der Waals surface area (Å²) in [5.41, 5.74) is 1.12. The van der Waals surface area contributed by atoms with Gasteiger partial charge in [-0.1, -0.05) is 18.6 Å². The maximum Gasteiger partial charge on any atom is 0.123 e. The molecular weight excluding hydrogens is 213 g/mol. The number of benzene rings is 1. The summed E-state index contributed by atoms with van der Waals surface area (Å²) in [5, 5.41) is 3.76. The summed E-state index contributed by atoms with van der Waals surface area (Å²) in [6.07, 6.45) is 7.71. The quantitative estimate of drug-likeness (QED) is 0.826. The molecule has 1 saturated carbocycles. The van der Waals surface area contributed by atoms with Crippen molar-refractivity contribution in [1.82, 2.24) is 5.32 Å². The second-order valence-corrected chi connectivity index (χ2v) is 5.57. The van der Waals surface area contributed by atoms with E-state index >= 15 is 0 Å². The maximum atomic E-state index is 13.1. The first-order valence-electron chi connectivity index (χ1n) is 6.82. The monoisotopic (exact) mass is 233 g/mol. The molecule has 0 aromatic heterocycles. The fourth-order valence-corrected chi connectivity index (χ4v) is 3.51. The van der Waals surface area contributed by atoms with Gasteiger partial charge >= 0.3 is 0 Å². The van der Waals surface area contributed by atoms with Gasteiger partial charge in [0, 0.05) is 12.1 Å². The summed E-state index contributed by atoms with van der Waals surface area (Å²) < 4.78 is 13.1. The molecule has 0 bridgehead atoms. The van der Waals surface area contributed by atoms with Gasteiger partial charge in [-0.25, -0.2) is 4.39 Å². The third kappa shape index (κ3) is 2.52. The Balaban J connectivity index is 1.62. The van der Waals surface area contributed by atoms with Gasteiger partial charge in [0.05, 0.1) is 0 Å². The molecule has 92 valence electrons. The van der Waals surface area contributed by atoms with Crippen LogP contribution in [0, 0.1) is 11.7 Å². The van der Waals surface area contributed by atoms with E-state index in [4.69, 9.17) is 0 Å². The first kappa shape index (κ1) is 11.2. The van der Waals surface area contributed by atoms with Crippen LogP contribution in [0.15, 0.2) is 24.3 Å². The Kier molecular flexibility index (Phi) is 3.15. The highest BCUT2D eigenvalue weighted by molar-refractivity contribution is 5.17. The van der Waals surface area contributed by atoms with E-state index < -0.39 is 0 Å². The van der Waals surface area contributed by atoms with E-state index in [-0.39, 0.29) is 5.82 Å². The average Bonchev–Trinajstić information content (AvgIpc) is 2.76. The normalized spacial score (nSPS) is 32.4. The van der Waals surface area contributed by atoms with Crippen LogP contribution in [0.25, 0.3) is 0 Å². The van der Waals surface area contributed by atoms with Crippen molar-refractivity contribution < 1.29 is 4.39 Å². The zero-order valence-corrected chi connectivity index (χ0v) is 10.2. The van der Waals surface area contributed by atoms with Crippen LogP contribution in [0.1, 0.15) is 37.7 Å². The highest BCUT2D eigenvalue weighted by Crippen LogP contribution is 2.34. The Morgan fingerprint density at radius 1 is 1.18 bits per heavy atom. The lowest BCUT2D eigenvalue weighted by Gasteiger charge is -2.33. The molecule has 2 aliphatic rings. The molecule has 1 N–H and O–H groups in total. The number of halogens is 1. The predicted octanol–water partition coefficient (Wildman–Crippen LogP) is 3.29. The van der Waals surface area contributed by atoms with E-state index in [1.165, 1.54) is 38.2 Å². The summed E-state index contributed by atoms with van der Waals surface area (Å²) in [4.78, 5) is 0. The molecule has 0 amide bonds. The second-order valence-electron chi connectivity index (χ2n) is 5.57. The topological polar surface area (TPSA) is 12.0 Å². The van der Waals surface area contributed by atoms with E-state index in [0.717, 1.165) is 23.9 Å². The van der Waals surface area contributed by atoms with Crippen molar-refractivity contribution in [2.75, 3.05) is 0 Å². The Hall–Kier alpha value is -0.890. The van der Waals surface area contributed by atoms with Gasteiger partial charge in [-0.2, -0.15) is 0 Å². The summed E-state index contributed by atoms with van der Waals surface area (Å²) in [6.45, 7) is 0. The maximum absolute atomic E-state index is 13.1. The third-order valence-electron chi connectivity index (χ3n) is 4.37. The van der Waals surface area contributed by atoms with E-state index in [0.29, 0.717) is 6.04 Å². The van der Waals surface area contributed by atoms with Gasteiger partial charge in [-0.05, 0) is 55.7 Å². The van der Waals surface area contributed by atoms with Gasteiger partial charge in [0.25, 0.3) is 0 Å². The van der Waals surface area contributed by atoms with E-state index in [1.54, 1.807) is 6.07 Å². The first-order chi connectivity index (χ1) is 8.31. The van der Waals surface area contributed by atoms with Crippen LogP contribution in [-0.4, -0.2) is 12.1 Å². The van der Waals surface area contributed by atoms with Crippen LogP contribution in [0.3, 0.4) is 0 Å². The zero-order chi connectivity index (χ0) is 11.7. The molecule has 3 rings (SSSR count). The molecular formula is C15H20FN. The summed E-state index contributed by atoms with van der Waals surface area (Å²) in [5.74, 6) is 0.802. The Morgan fingerprint density at radius 2 is 2.12 bits per heavy atom. The molecule has 1 aliphatic heterocycles. The van der Waals surface area contributed by atoms with Crippen molar-refractivity contribution in [2.24, 2.45) is 5.92 Å². The lowest BCUT2D eigenvalue weighted by molar-refractivity contribution is 0.257. The molecule has 1 aromatic carbocycles. The first-order valence-corrected chi connectivity index (χ1v) is 6.82. The van der Waals surface area contributed by atoms with Gasteiger partial charge in [-0.3, -0.25) is 0 Å². The number of fused-ring (bicyclic) bond motifs is 1. The average molecular weight is 233 g/mol. The number of piperidine rings is 1. The molecule has 3 atom stereocenters. The number of hydrogen-bond acceptors (Lipinski definition) is 1. The predicted molar refractivity (Wildman–Crippen MR) is 67.4 cm³/mol. The van der Waals surface area contributed by atoms with Crippen molar-refractivity contribution >= 4 is 0 Å². The van der Waals surface area contributed by atoms with E-state index in [9.17, 15) is 4.39 Å². The summed E-state index contributed by atoms with van der Waals surface area (Å²) >= 11 is 0. The Morgan fingerprint density at radius 3 is 3.00 bits per heavy atom. The van der Waals surface area contributed by atoms with Gasteiger partial charge in [0.2, 0.25) is 0 Å². The SMILES string of the molecule is Fc1cccc(CC2CCC3CCCC3N2)c1. The fraction of sp³-hybridized carbons (Fsp3) is 0.600. The number of nitrogens with one attached hydrogen (secondary N) is 1. The van der Waals surface area contributed by atoms with Gasteiger partial charge in [0.1, 0.15) is 5.82 Å². The summed E-state index contributed by atoms with van der Waals surface area (Å²) in [7, 11) is 0. The third-order valence-corrected chi connectivity index (χ3v) is 4.37. The zero-order valence-electron chi connectivity index (χ0n) is 10.2. The van der Waals surface area contributed by atoms with Gasteiger partial charge < -0.3 is 5.32 Å². The molecule has 0 spiro atoms. The molecule has 2 heteroatoms. The van der Waals surface area contributed by atoms with Crippen LogP contribution in [0.4, 0.5) is 4.39 Å². The summed E-state index contributed by atoms with van der Waals surface area (Å²) in [6, 6.07) is 8.32.